The first kappa shape index (κ1) is 14.4. The van der Waals surface area contributed by atoms with Gasteiger partial charge in [-0.25, -0.2) is 4.79 Å². The van der Waals surface area contributed by atoms with Gasteiger partial charge in [-0.05, 0) is 36.4 Å². The molecule has 0 heterocycles. The SMILES string of the molecule is COC(=O)c1c(C)cc(SC(F)(F)F)cc1C#N. The molecule has 1 aromatic carbocycles. The normalized spacial score (nSPS) is 10.9. The van der Waals surface area contributed by atoms with Crippen LogP contribution in [-0.2, 0) is 4.74 Å². The summed E-state index contributed by atoms with van der Waals surface area (Å²) in [4.78, 5) is 11.3. The summed E-state index contributed by atoms with van der Waals surface area (Å²) in [6, 6.07) is 3.92. The number of nitriles is 1. The number of alkyl halides is 3. The highest BCUT2D eigenvalue weighted by Gasteiger charge is 2.30. The van der Waals surface area contributed by atoms with E-state index in [1.807, 2.05) is 0 Å². The zero-order chi connectivity index (χ0) is 13.9. The van der Waals surface area contributed by atoms with E-state index in [0.29, 0.717) is 0 Å². The highest BCUT2D eigenvalue weighted by Crippen LogP contribution is 2.38. The van der Waals surface area contributed by atoms with E-state index >= 15 is 0 Å². The van der Waals surface area contributed by atoms with Crippen molar-refractivity contribution in [1.29, 1.82) is 5.26 Å². The first-order valence-electron chi connectivity index (χ1n) is 4.67. The second-order valence-electron chi connectivity index (χ2n) is 3.31. The van der Waals surface area contributed by atoms with Crippen molar-refractivity contribution in [2.45, 2.75) is 17.3 Å². The molecule has 0 fully saturated rings. The van der Waals surface area contributed by atoms with Crippen LogP contribution in [0, 0.1) is 18.3 Å². The minimum absolute atomic E-state index is 0.00785. The summed E-state index contributed by atoms with van der Waals surface area (Å²) in [5.41, 5.74) is -4.31. The maximum Gasteiger partial charge on any atom is 0.446 e. The molecule has 0 unspecified atom stereocenters. The molecule has 0 aliphatic rings. The monoisotopic (exact) mass is 275 g/mol. The van der Waals surface area contributed by atoms with Crippen molar-refractivity contribution in [2.24, 2.45) is 0 Å². The summed E-state index contributed by atoms with van der Waals surface area (Å²) in [7, 11) is 1.14. The third-order valence-corrected chi connectivity index (χ3v) is 2.76. The standard InChI is InChI=1S/C11H8F3NO2S/c1-6-3-8(18-11(12,13)14)4-7(5-15)9(6)10(16)17-2/h3-4H,1-2H3. The van der Waals surface area contributed by atoms with E-state index in [2.05, 4.69) is 4.74 Å². The van der Waals surface area contributed by atoms with E-state index < -0.39 is 11.5 Å². The van der Waals surface area contributed by atoms with Gasteiger partial charge in [0.1, 0.15) is 6.07 Å². The van der Waals surface area contributed by atoms with E-state index in [1.165, 1.54) is 13.0 Å². The molecule has 7 heteroatoms. The van der Waals surface area contributed by atoms with E-state index in [0.717, 1.165) is 13.2 Å². The number of carbonyl (C=O) groups is 1. The summed E-state index contributed by atoms with van der Waals surface area (Å²) >= 11 is -0.331. The number of nitrogens with zero attached hydrogens (tertiary/aromatic N) is 1. The summed E-state index contributed by atoms with van der Waals surface area (Å²) in [5, 5.41) is 8.86. The van der Waals surface area contributed by atoms with Crippen LogP contribution < -0.4 is 0 Å². The Labute approximate surface area is 106 Å². The van der Waals surface area contributed by atoms with Crippen LogP contribution in [0.4, 0.5) is 13.2 Å². The molecule has 0 aromatic heterocycles. The van der Waals surface area contributed by atoms with Gasteiger partial charge in [-0.2, -0.15) is 18.4 Å². The number of aryl methyl sites for hydroxylation is 1. The third kappa shape index (κ3) is 3.40. The summed E-state index contributed by atoms with van der Waals surface area (Å²) < 4.78 is 41.1. The van der Waals surface area contributed by atoms with Crippen molar-refractivity contribution in [3.8, 4) is 6.07 Å². The van der Waals surface area contributed by atoms with Gasteiger partial charge in [-0.3, -0.25) is 0 Å². The molecule has 0 radical (unpaired) electrons. The van der Waals surface area contributed by atoms with E-state index in [4.69, 9.17) is 5.26 Å². The molecule has 0 saturated carbocycles. The maximum atomic E-state index is 12.2. The highest BCUT2D eigenvalue weighted by atomic mass is 32.2. The first-order chi connectivity index (χ1) is 8.28. The van der Waals surface area contributed by atoms with Crippen LogP contribution in [0.5, 0.6) is 0 Å². The minimum Gasteiger partial charge on any atom is -0.465 e. The van der Waals surface area contributed by atoms with Gasteiger partial charge >= 0.3 is 11.5 Å². The zero-order valence-electron chi connectivity index (χ0n) is 9.46. The Balaban J connectivity index is 3.29. The van der Waals surface area contributed by atoms with Gasteiger partial charge in [-0.1, -0.05) is 0 Å². The first-order valence-corrected chi connectivity index (χ1v) is 5.49. The molecule has 0 bridgehead atoms. The lowest BCUT2D eigenvalue weighted by molar-refractivity contribution is -0.0328. The lowest BCUT2D eigenvalue weighted by Gasteiger charge is -2.10. The van der Waals surface area contributed by atoms with Crippen LogP contribution in [0.3, 0.4) is 0 Å². The van der Waals surface area contributed by atoms with Gasteiger partial charge in [0, 0.05) is 4.90 Å². The summed E-state index contributed by atoms with van der Waals surface area (Å²) in [6.45, 7) is 1.45. The fourth-order valence-electron chi connectivity index (χ4n) is 1.41. The molecule has 0 aliphatic heterocycles. The number of rotatable bonds is 2. The Bertz CT molecular complexity index is 520. The Morgan fingerprint density at radius 1 is 1.44 bits per heavy atom. The molecule has 0 amide bonds. The van der Waals surface area contributed by atoms with E-state index in [1.54, 1.807) is 6.07 Å². The number of hydrogen-bond acceptors (Lipinski definition) is 4. The van der Waals surface area contributed by atoms with Gasteiger partial charge < -0.3 is 4.74 Å². The number of carbonyl (C=O) groups excluding carboxylic acids is 1. The number of benzene rings is 1. The third-order valence-electron chi connectivity index (χ3n) is 2.05. The topological polar surface area (TPSA) is 50.1 Å². The molecule has 1 rings (SSSR count). The van der Waals surface area contributed by atoms with Crippen molar-refractivity contribution in [3.05, 3.63) is 28.8 Å². The van der Waals surface area contributed by atoms with E-state index in [9.17, 15) is 18.0 Å². The van der Waals surface area contributed by atoms with Gasteiger partial charge in [0.15, 0.2) is 0 Å². The number of methoxy groups -OCH3 is 1. The van der Waals surface area contributed by atoms with Crippen LogP contribution in [0.25, 0.3) is 0 Å². The second kappa shape index (κ2) is 5.31. The number of thioether (sulfide) groups is 1. The van der Waals surface area contributed by atoms with Crippen molar-refractivity contribution in [3.63, 3.8) is 0 Å². The fourth-order valence-corrected chi connectivity index (χ4v) is 2.09. The van der Waals surface area contributed by atoms with Gasteiger partial charge in [-0.15, -0.1) is 0 Å². The Morgan fingerprint density at radius 2 is 2.06 bits per heavy atom. The molecule has 96 valence electrons. The van der Waals surface area contributed by atoms with Crippen molar-refractivity contribution >= 4 is 17.7 Å². The Hall–Kier alpha value is -1.68. The average molecular weight is 275 g/mol. The van der Waals surface area contributed by atoms with Crippen LogP contribution in [0.2, 0.25) is 0 Å². The zero-order valence-corrected chi connectivity index (χ0v) is 10.3. The van der Waals surface area contributed by atoms with Crippen LogP contribution in [-0.4, -0.2) is 18.6 Å². The molecule has 0 spiro atoms. The highest BCUT2D eigenvalue weighted by molar-refractivity contribution is 8.00. The molecule has 1 aromatic rings. The van der Waals surface area contributed by atoms with Gasteiger partial charge in [0.05, 0.1) is 18.2 Å². The number of halogens is 3. The summed E-state index contributed by atoms with van der Waals surface area (Å²) in [5.74, 6) is -0.743. The van der Waals surface area contributed by atoms with Gasteiger partial charge in [0.2, 0.25) is 0 Å². The van der Waals surface area contributed by atoms with Crippen molar-refractivity contribution in [1.82, 2.24) is 0 Å². The Kier molecular flexibility index (Phi) is 4.24. The van der Waals surface area contributed by atoms with Crippen molar-refractivity contribution in [2.75, 3.05) is 7.11 Å². The van der Waals surface area contributed by atoms with Gasteiger partial charge in [0.25, 0.3) is 0 Å². The minimum atomic E-state index is -4.44. The lowest BCUT2D eigenvalue weighted by Crippen LogP contribution is -2.08. The smallest absolute Gasteiger partial charge is 0.446 e. The molecular formula is C11H8F3NO2S. The molecule has 3 nitrogen and oxygen atoms in total. The lowest BCUT2D eigenvalue weighted by atomic mass is 10.0. The van der Waals surface area contributed by atoms with Crippen LogP contribution in [0.15, 0.2) is 17.0 Å². The summed E-state index contributed by atoms with van der Waals surface area (Å²) in [6.07, 6.45) is 0. The Morgan fingerprint density at radius 3 is 2.50 bits per heavy atom. The molecule has 0 aliphatic carbocycles. The maximum absolute atomic E-state index is 12.2. The number of hydrogen-bond donors (Lipinski definition) is 0. The molecular weight excluding hydrogens is 267 g/mol. The predicted octanol–water partition coefficient (Wildman–Crippen LogP) is 3.27. The number of esters is 1. The molecule has 0 N–H and O–H groups in total. The quantitative estimate of drug-likeness (QED) is 0.614. The van der Waals surface area contributed by atoms with Crippen LogP contribution >= 0.6 is 11.8 Å². The average Bonchev–Trinajstić information content (AvgIpc) is 2.24. The predicted molar refractivity (Wildman–Crippen MR) is 59.1 cm³/mol. The molecule has 0 saturated heterocycles. The molecule has 0 atom stereocenters. The molecule has 18 heavy (non-hydrogen) atoms. The second-order valence-corrected chi connectivity index (χ2v) is 4.45. The van der Waals surface area contributed by atoms with E-state index in [-0.39, 0.29) is 33.3 Å². The van der Waals surface area contributed by atoms with Crippen LogP contribution in [0.1, 0.15) is 21.5 Å². The number of ether oxygens (including phenoxy) is 1. The fraction of sp³-hybridized carbons (Fsp3) is 0.273. The largest absolute Gasteiger partial charge is 0.465 e. The van der Waals surface area contributed by atoms with Crippen molar-refractivity contribution < 1.29 is 22.7 Å².